The first-order chi connectivity index (χ1) is 9.11. The Balaban J connectivity index is 2.18. The van der Waals surface area contributed by atoms with E-state index in [-0.39, 0.29) is 11.6 Å². The Morgan fingerprint density at radius 1 is 1.16 bits per heavy atom. The van der Waals surface area contributed by atoms with Crippen LogP contribution in [0.3, 0.4) is 0 Å². The van der Waals surface area contributed by atoms with Gasteiger partial charge in [0.05, 0.1) is 6.10 Å². The molecule has 0 fully saturated rings. The minimum absolute atomic E-state index is 0.212. The summed E-state index contributed by atoms with van der Waals surface area (Å²) in [6, 6.07) is 12.1. The molecular formula is C16H17FO2. The van der Waals surface area contributed by atoms with E-state index in [0.717, 1.165) is 5.56 Å². The van der Waals surface area contributed by atoms with Crippen molar-refractivity contribution < 1.29 is 14.2 Å². The molecule has 100 valence electrons. The number of benzene rings is 2. The summed E-state index contributed by atoms with van der Waals surface area (Å²) >= 11 is 0. The number of rotatable bonds is 4. The normalized spacial score (nSPS) is 12.2. The number of aliphatic hydroxyl groups excluding tert-OH is 1. The molecule has 1 N–H and O–H groups in total. The quantitative estimate of drug-likeness (QED) is 0.884. The van der Waals surface area contributed by atoms with Crippen molar-refractivity contribution in [1.82, 2.24) is 0 Å². The van der Waals surface area contributed by atoms with E-state index in [4.69, 9.17) is 4.74 Å². The number of aryl methyl sites for hydroxylation is 1. The Labute approximate surface area is 112 Å². The molecule has 2 aromatic rings. The molecule has 19 heavy (non-hydrogen) atoms. The van der Waals surface area contributed by atoms with Crippen LogP contribution < -0.4 is 4.74 Å². The van der Waals surface area contributed by atoms with Crippen molar-refractivity contribution in [2.75, 3.05) is 0 Å². The highest BCUT2D eigenvalue weighted by atomic mass is 19.1. The standard InChI is InChI=1S/C16H17FO2/c1-3-14(18)12-7-9-13(10-8-12)19-15-6-4-5-11(2)16(15)17/h4-10,14,18H,3H2,1-2H3/t14-/m0/s1. The van der Waals surface area contributed by atoms with E-state index in [2.05, 4.69) is 0 Å². The molecule has 0 aliphatic carbocycles. The molecule has 0 radical (unpaired) electrons. The molecule has 0 amide bonds. The maximum Gasteiger partial charge on any atom is 0.168 e. The van der Waals surface area contributed by atoms with Crippen molar-refractivity contribution in [2.24, 2.45) is 0 Å². The van der Waals surface area contributed by atoms with E-state index in [9.17, 15) is 9.50 Å². The lowest BCUT2D eigenvalue weighted by molar-refractivity contribution is 0.173. The second-order valence-electron chi connectivity index (χ2n) is 4.48. The minimum atomic E-state index is -0.468. The lowest BCUT2D eigenvalue weighted by Crippen LogP contribution is -1.95. The second kappa shape index (κ2) is 5.85. The molecule has 0 aromatic heterocycles. The summed E-state index contributed by atoms with van der Waals surface area (Å²) in [7, 11) is 0. The summed E-state index contributed by atoms with van der Waals surface area (Å²) in [5, 5.41) is 9.69. The predicted octanol–water partition coefficient (Wildman–Crippen LogP) is 4.37. The predicted molar refractivity (Wildman–Crippen MR) is 72.9 cm³/mol. The fourth-order valence-corrected chi connectivity index (χ4v) is 1.82. The zero-order valence-electron chi connectivity index (χ0n) is 11.1. The topological polar surface area (TPSA) is 29.5 Å². The van der Waals surface area contributed by atoms with E-state index in [1.165, 1.54) is 0 Å². The number of hydrogen-bond acceptors (Lipinski definition) is 2. The van der Waals surface area contributed by atoms with Gasteiger partial charge in [-0.15, -0.1) is 0 Å². The maximum absolute atomic E-state index is 13.8. The molecular weight excluding hydrogens is 243 g/mol. The van der Waals surface area contributed by atoms with Crippen molar-refractivity contribution in [3.05, 3.63) is 59.4 Å². The van der Waals surface area contributed by atoms with Crippen LogP contribution in [0.2, 0.25) is 0 Å². The fraction of sp³-hybridized carbons (Fsp3) is 0.250. The number of hydrogen-bond donors (Lipinski definition) is 1. The second-order valence-corrected chi connectivity index (χ2v) is 4.48. The van der Waals surface area contributed by atoms with E-state index in [1.54, 1.807) is 49.4 Å². The van der Waals surface area contributed by atoms with Gasteiger partial charge >= 0.3 is 0 Å². The molecule has 0 spiro atoms. The van der Waals surface area contributed by atoms with Gasteiger partial charge in [0.1, 0.15) is 5.75 Å². The lowest BCUT2D eigenvalue weighted by Gasteiger charge is -2.11. The van der Waals surface area contributed by atoms with Crippen LogP contribution in [0, 0.1) is 12.7 Å². The van der Waals surface area contributed by atoms with E-state index in [1.807, 2.05) is 6.92 Å². The van der Waals surface area contributed by atoms with Crippen LogP contribution >= 0.6 is 0 Å². The summed E-state index contributed by atoms with van der Waals surface area (Å²) in [5.74, 6) is 0.417. The van der Waals surface area contributed by atoms with E-state index in [0.29, 0.717) is 17.7 Å². The van der Waals surface area contributed by atoms with Gasteiger partial charge in [-0.3, -0.25) is 0 Å². The van der Waals surface area contributed by atoms with Crippen molar-refractivity contribution in [1.29, 1.82) is 0 Å². The SMILES string of the molecule is CC[C@H](O)c1ccc(Oc2cccc(C)c2F)cc1. The Bertz CT molecular complexity index is 549. The van der Waals surface area contributed by atoms with Crippen molar-refractivity contribution in [2.45, 2.75) is 26.4 Å². The van der Waals surface area contributed by atoms with Gasteiger partial charge in [-0.2, -0.15) is 0 Å². The van der Waals surface area contributed by atoms with Gasteiger partial charge in [-0.05, 0) is 42.7 Å². The molecule has 1 atom stereocenters. The lowest BCUT2D eigenvalue weighted by atomic mass is 10.1. The average Bonchev–Trinajstić information content (AvgIpc) is 2.44. The third-order valence-electron chi connectivity index (χ3n) is 3.04. The summed E-state index contributed by atoms with van der Waals surface area (Å²) in [6.07, 6.45) is 0.192. The van der Waals surface area contributed by atoms with Crippen LogP contribution in [0.5, 0.6) is 11.5 Å². The van der Waals surface area contributed by atoms with Gasteiger partial charge < -0.3 is 9.84 Å². The minimum Gasteiger partial charge on any atom is -0.454 e. The summed E-state index contributed by atoms with van der Waals surface area (Å²) < 4.78 is 19.3. The number of halogens is 1. The molecule has 0 saturated heterocycles. The molecule has 0 heterocycles. The van der Waals surface area contributed by atoms with Crippen LogP contribution in [0.25, 0.3) is 0 Å². The van der Waals surface area contributed by atoms with Crippen LogP contribution in [-0.2, 0) is 0 Å². The Morgan fingerprint density at radius 2 is 1.84 bits per heavy atom. The van der Waals surface area contributed by atoms with E-state index < -0.39 is 6.10 Å². The van der Waals surface area contributed by atoms with Crippen LogP contribution in [-0.4, -0.2) is 5.11 Å². The molecule has 0 aliphatic heterocycles. The highest BCUT2D eigenvalue weighted by molar-refractivity contribution is 5.36. The molecule has 2 aromatic carbocycles. The fourth-order valence-electron chi connectivity index (χ4n) is 1.82. The van der Waals surface area contributed by atoms with Crippen LogP contribution in [0.15, 0.2) is 42.5 Å². The molecule has 2 nitrogen and oxygen atoms in total. The molecule has 0 aliphatic rings. The summed E-state index contributed by atoms with van der Waals surface area (Å²) in [6.45, 7) is 3.61. The van der Waals surface area contributed by atoms with Gasteiger partial charge in [-0.1, -0.05) is 31.2 Å². The summed E-state index contributed by atoms with van der Waals surface area (Å²) in [5.41, 5.74) is 1.38. The average molecular weight is 260 g/mol. The first kappa shape index (κ1) is 13.6. The van der Waals surface area contributed by atoms with Gasteiger partial charge in [0.2, 0.25) is 0 Å². The zero-order chi connectivity index (χ0) is 13.8. The van der Waals surface area contributed by atoms with E-state index >= 15 is 0 Å². The smallest absolute Gasteiger partial charge is 0.168 e. The zero-order valence-corrected chi connectivity index (χ0v) is 11.1. The monoisotopic (exact) mass is 260 g/mol. The Hall–Kier alpha value is -1.87. The molecule has 0 saturated carbocycles. The summed E-state index contributed by atoms with van der Waals surface area (Å²) in [4.78, 5) is 0. The van der Waals surface area contributed by atoms with Gasteiger partial charge in [-0.25, -0.2) is 4.39 Å². The molecule has 2 rings (SSSR count). The molecule has 0 bridgehead atoms. The Morgan fingerprint density at radius 3 is 2.47 bits per heavy atom. The first-order valence-electron chi connectivity index (χ1n) is 6.32. The van der Waals surface area contributed by atoms with Gasteiger partial charge in [0.25, 0.3) is 0 Å². The molecule has 3 heteroatoms. The van der Waals surface area contributed by atoms with Gasteiger partial charge in [0.15, 0.2) is 11.6 Å². The highest BCUT2D eigenvalue weighted by Crippen LogP contribution is 2.27. The first-order valence-corrected chi connectivity index (χ1v) is 6.32. The highest BCUT2D eigenvalue weighted by Gasteiger charge is 2.08. The van der Waals surface area contributed by atoms with Crippen LogP contribution in [0.4, 0.5) is 4.39 Å². The third kappa shape index (κ3) is 3.12. The van der Waals surface area contributed by atoms with Crippen molar-refractivity contribution in [3.8, 4) is 11.5 Å². The van der Waals surface area contributed by atoms with Crippen molar-refractivity contribution in [3.63, 3.8) is 0 Å². The largest absolute Gasteiger partial charge is 0.454 e. The number of ether oxygens (including phenoxy) is 1. The van der Waals surface area contributed by atoms with Crippen molar-refractivity contribution >= 4 is 0 Å². The molecule has 0 unspecified atom stereocenters. The van der Waals surface area contributed by atoms with Crippen LogP contribution in [0.1, 0.15) is 30.6 Å². The Kier molecular flexibility index (Phi) is 4.17. The van der Waals surface area contributed by atoms with Gasteiger partial charge in [0, 0.05) is 0 Å². The maximum atomic E-state index is 13.8. The third-order valence-corrected chi connectivity index (χ3v) is 3.04. The number of aliphatic hydroxyl groups is 1.